The lowest BCUT2D eigenvalue weighted by Crippen LogP contribution is -2.13. The number of pyridine rings is 1. The number of benzene rings is 1. The Balaban J connectivity index is 1.77. The van der Waals surface area contributed by atoms with Crippen molar-refractivity contribution in [3.8, 4) is 17.3 Å². The number of imidazole rings is 1. The second-order valence-electron chi connectivity index (χ2n) is 6.19. The van der Waals surface area contributed by atoms with Gasteiger partial charge in [-0.05, 0) is 37.1 Å². The van der Waals surface area contributed by atoms with Crippen LogP contribution in [0, 0.1) is 0 Å². The minimum atomic E-state index is -0.229. The third-order valence-corrected chi connectivity index (χ3v) is 3.90. The molecule has 0 aliphatic heterocycles. The molecule has 0 saturated heterocycles. The highest BCUT2D eigenvalue weighted by molar-refractivity contribution is 6.04. The van der Waals surface area contributed by atoms with Crippen molar-refractivity contribution in [3.63, 3.8) is 0 Å². The summed E-state index contributed by atoms with van der Waals surface area (Å²) < 4.78 is 13.3. The first-order valence-electron chi connectivity index (χ1n) is 9.36. The van der Waals surface area contributed by atoms with Crippen LogP contribution < -0.4 is 14.8 Å². The highest BCUT2D eigenvalue weighted by Gasteiger charge is 2.11. The maximum atomic E-state index is 12.7. The van der Waals surface area contributed by atoms with Crippen molar-refractivity contribution in [2.24, 2.45) is 0 Å². The van der Waals surface area contributed by atoms with Crippen LogP contribution in [-0.4, -0.2) is 33.7 Å². The first kappa shape index (κ1) is 19.4. The van der Waals surface area contributed by atoms with E-state index in [1.807, 2.05) is 19.9 Å². The van der Waals surface area contributed by atoms with E-state index >= 15 is 0 Å². The minimum Gasteiger partial charge on any atom is -0.490 e. The van der Waals surface area contributed by atoms with Crippen LogP contribution in [0.4, 0.5) is 5.69 Å². The Morgan fingerprint density at radius 3 is 2.54 bits per heavy atom. The average molecular weight is 380 g/mol. The Hall–Kier alpha value is -3.35. The summed E-state index contributed by atoms with van der Waals surface area (Å²) in [6.07, 6.45) is 8.47. The minimum absolute atomic E-state index is 0.229. The molecule has 2 aromatic heterocycles. The van der Waals surface area contributed by atoms with Crippen LogP contribution in [0.1, 0.15) is 37.0 Å². The van der Waals surface area contributed by atoms with E-state index in [0.29, 0.717) is 41.8 Å². The molecule has 1 amide bonds. The third kappa shape index (κ3) is 4.88. The van der Waals surface area contributed by atoms with Gasteiger partial charge in [0.1, 0.15) is 12.1 Å². The highest BCUT2D eigenvalue weighted by atomic mass is 16.5. The molecule has 28 heavy (non-hydrogen) atoms. The molecule has 0 spiro atoms. The molecule has 0 saturated carbocycles. The molecule has 3 aromatic rings. The van der Waals surface area contributed by atoms with E-state index in [-0.39, 0.29) is 5.91 Å². The lowest BCUT2D eigenvalue weighted by Gasteiger charge is -2.14. The van der Waals surface area contributed by atoms with Crippen molar-refractivity contribution < 1.29 is 14.3 Å². The van der Waals surface area contributed by atoms with Crippen molar-refractivity contribution in [3.05, 3.63) is 60.8 Å². The van der Waals surface area contributed by atoms with Gasteiger partial charge in [-0.1, -0.05) is 13.8 Å². The molecule has 7 nitrogen and oxygen atoms in total. The number of rotatable bonds is 9. The number of amides is 1. The van der Waals surface area contributed by atoms with Crippen molar-refractivity contribution in [2.75, 3.05) is 18.5 Å². The maximum absolute atomic E-state index is 12.7. The van der Waals surface area contributed by atoms with Crippen LogP contribution >= 0.6 is 0 Å². The topological polar surface area (TPSA) is 78.3 Å². The molecule has 7 heteroatoms. The number of aromatic nitrogens is 3. The van der Waals surface area contributed by atoms with Gasteiger partial charge in [0.2, 0.25) is 0 Å². The van der Waals surface area contributed by atoms with Gasteiger partial charge >= 0.3 is 0 Å². The van der Waals surface area contributed by atoms with Crippen LogP contribution in [0.2, 0.25) is 0 Å². The van der Waals surface area contributed by atoms with Gasteiger partial charge in [0.15, 0.2) is 11.5 Å². The predicted octanol–water partition coefficient (Wildman–Crippen LogP) is 4.10. The summed E-state index contributed by atoms with van der Waals surface area (Å²) in [6, 6.07) is 8.79. The molecule has 1 N–H and O–H groups in total. The normalized spacial score (nSPS) is 10.5. The number of nitrogens with one attached hydrogen (secondary N) is 1. The molecule has 146 valence electrons. The summed E-state index contributed by atoms with van der Waals surface area (Å²) in [5, 5.41) is 2.90. The van der Waals surface area contributed by atoms with Gasteiger partial charge in [0.05, 0.1) is 13.2 Å². The maximum Gasteiger partial charge on any atom is 0.255 e. The first-order chi connectivity index (χ1) is 13.7. The zero-order valence-electron chi connectivity index (χ0n) is 16.1. The van der Waals surface area contributed by atoms with E-state index in [9.17, 15) is 4.79 Å². The summed E-state index contributed by atoms with van der Waals surface area (Å²) >= 11 is 0. The second-order valence-corrected chi connectivity index (χ2v) is 6.19. The van der Waals surface area contributed by atoms with Crippen molar-refractivity contribution >= 4 is 11.6 Å². The van der Waals surface area contributed by atoms with E-state index in [0.717, 1.165) is 12.8 Å². The van der Waals surface area contributed by atoms with Gasteiger partial charge in [-0.3, -0.25) is 9.36 Å². The number of ether oxygens (including phenoxy) is 2. The molecule has 3 rings (SSSR count). The van der Waals surface area contributed by atoms with Gasteiger partial charge in [-0.2, -0.15) is 0 Å². The van der Waals surface area contributed by atoms with E-state index < -0.39 is 0 Å². The van der Waals surface area contributed by atoms with Gasteiger partial charge in [0.25, 0.3) is 5.91 Å². The van der Waals surface area contributed by atoms with E-state index in [2.05, 4.69) is 15.3 Å². The molecule has 0 atom stereocenters. The number of carbonyl (C=O) groups is 1. The zero-order valence-corrected chi connectivity index (χ0v) is 16.1. The van der Waals surface area contributed by atoms with Crippen molar-refractivity contribution in [1.29, 1.82) is 0 Å². The van der Waals surface area contributed by atoms with Crippen LogP contribution in [0.25, 0.3) is 5.82 Å². The van der Waals surface area contributed by atoms with E-state index in [4.69, 9.17) is 9.47 Å². The molecule has 0 unspecified atom stereocenters. The smallest absolute Gasteiger partial charge is 0.255 e. The van der Waals surface area contributed by atoms with Crippen molar-refractivity contribution in [1.82, 2.24) is 14.5 Å². The van der Waals surface area contributed by atoms with Gasteiger partial charge in [-0.15, -0.1) is 0 Å². The van der Waals surface area contributed by atoms with Crippen LogP contribution in [0.5, 0.6) is 11.5 Å². The number of anilines is 1. The van der Waals surface area contributed by atoms with Gasteiger partial charge in [0, 0.05) is 35.9 Å². The zero-order chi connectivity index (χ0) is 19.8. The third-order valence-electron chi connectivity index (χ3n) is 3.90. The largest absolute Gasteiger partial charge is 0.490 e. The quantitative estimate of drug-likeness (QED) is 0.605. The molecular weight excluding hydrogens is 356 g/mol. The number of hydrogen-bond acceptors (Lipinski definition) is 5. The monoisotopic (exact) mass is 380 g/mol. The fraction of sp³-hybridized carbons (Fsp3) is 0.286. The Morgan fingerprint density at radius 1 is 1.04 bits per heavy atom. The van der Waals surface area contributed by atoms with Gasteiger partial charge < -0.3 is 14.8 Å². The molecule has 1 aromatic carbocycles. The van der Waals surface area contributed by atoms with Crippen molar-refractivity contribution in [2.45, 2.75) is 26.7 Å². The highest BCUT2D eigenvalue weighted by Crippen LogP contribution is 2.31. The Morgan fingerprint density at radius 2 is 1.82 bits per heavy atom. The summed E-state index contributed by atoms with van der Waals surface area (Å²) in [4.78, 5) is 20.9. The summed E-state index contributed by atoms with van der Waals surface area (Å²) in [6.45, 7) is 5.29. The SMILES string of the molecule is CCCOc1ccc(NC(=O)c2ccnc(-n3ccnc3)c2)cc1OCCC. The Labute approximate surface area is 164 Å². The molecule has 0 aliphatic rings. The fourth-order valence-corrected chi connectivity index (χ4v) is 2.54. The van der Waals surface area contributed by atoms with Gasteiger partial charge in [-0.25, -0.2) is 9.97 Å². The molecule has 2 heterocycles. The molecule has 0 aliphatic carbocycles. The molecular formula is C21H24N4O3. The predicted molar refractivity (Wildman–Crippen MR) is 107 cm³/mol. The molecule has 0 fully saturated rings. The summed E-state index contributed by atoms with van der Waals surface area (Å²) in [5.41, 5.74) is 1.14. The van der Waals surface area contributed by atoms with Crippen LogP contribution in [-0.2, 0) is 0 Å². The Kier molecular flexibility index (Phi) is 6.62. The lowest BCUT2D eigenvalue weighted by atomic mass is 10.2. The standard InChI is InChI=1S/C21H24N4O3/c1-3-11-27-18-6-5-17(14-19(18)28-12-4-2)24-21(26)16-7-8-23-20(13-16)25-10-9-22-15-25/h5-10,13-15H,3-4,11-12H2,1-2H3,(H,24,26). The summed E-state index contributed by atoms with van der Waals surface area (Å²) in [5.74, 6) is 1.70. The van der Waals surface area contributed by atoms with E-state index in [1.54, 1.807) is 53.8 Å². The van der Waals surface area contributed by atoms with Crippen LogP contribution in [0.15, 0.2) is 55.2 Å². The first-order valence-corrected chi connectivity index (χ1v) is 9.36. The molecule has 0 bridgehead atoms. The van der Waals surface area contributed by atoms with Crippen LogP contribution in [0.3, 0.4) is 0 Å². The molecule has 0 radical (unpaired) electrons. The van der Waals surface area contributed by atoms with E-state index in [1.165, 1.54) is 0 Å². The Bertz CT molecular complexity index is 910. The number of hydrogen-bond donors (Lipinski definition) is 1. The lowest BCUT2D eigenvalue weighted by molar-refractivity contribution is 0.102. The fourth-order valence-electron chi connectivity index (χ4n) is 2.54. The second kappa shape index (κ2) is 9.55. The number of carbonyl (C=O) groups excluding carboxylic acids is 1. The average Bonchev–Trinajstić information content (AvgIpc) is 3.26. The number of nitrogens with zero attached hydrogens (tertiary/aromatic N) is 3. The summed E-state index contributed by atoms with van der Waals surface area (Å²) in [7, 11) is 0.